The summed E-state index contributed by atoms with van der Waals surface area (Å²) in [6, 6.07) is 7.83. The van der Waals surface area contributed by atoms with Crippen LogP contribution in [0.1, 0.15) is 5.82 Å². The van der Waals surface area contributed by atoms with Crippen LogP contribution in [0.2, 0.25) is 0 Å². The highest BCUT2D eigenvalue weighted by Gasteiger charge is 2.19. The average Bonchev–Trinajstić information content (AvgIpc) is 3.09. The summed E-state index contributed by atoms with van der Waals surface area (Å²) in [5.74, 6) is 0.474. The molecule has 0 radical (unpaired) electrons. The van der Waals surface area contributed by atoms with E-state index in [2.05, 4.69) is 20.1 Å². The molecule has 10 nitrogen and oxygen atoms in total. The van der Waals surface area contributed by atoms with Gasteiger partial charge >= 0.3 is 0 Å². The summed E-state index contributed by atoms with van der Waals surface area (Å²) in [7, 11) is 0. The van der Waals surface area contributed by atoms with Gasteiger partial charge in [0.05, 0.1) is 17.7 Å². The van der Waals surface area contributed by atoms with Gasteiger partial charge in [0, 0.05) is 18.5 Å². The minimum Gasteiger partial charge on any atom is -0.291 e. The summed E-state index contributed by atoms with van der Waals surface area (Å²) >= 11 is 0. The van der Waals surface area contributed by atoms with Crippen LogP contribution < -0.4 is 5.56 Å². The molecule has 10 heteroatoms. The van der Waals surface area contributed by atoms with Crippen LogP contribution in [0.3, 0.4) is 0 Å². The summed E-state index contributed by atoms with van der Waals surface area (Å²) in [4.78, 5) is 35.8. The van der Waals surface area contributed by atoms with E-state index in [1.165, 1.54) is 27.8 Å². The Morgan fingerprint density at radius 2 is 1.85 bits per heavy atom. The lowest BCUT2D eigenvalue weighted by molar-refractivity contribution is -0.384. The van der Waals surface area contributed by atoms with E-state index in [0.717, 1.165) is 0 Å². The van der Waals surface area contributed by atoms with Gasteiger partial charge in [-0.05, 0) is 12.1 Å². The van der Waals surface area contributed by atoms with Crippen LogP contribution in [0.25, 0.3) is 16.7 Å². The molecule has 0 bridgehead atoms. The van der Waals surface area contributed by atoms with Crippen molar-refractivity contribution >= 4 is 16.7 Å². The molecule has 0 unspecified atom stereocenters. The lowest BCUT2D eigenvalue weighted by Gasteiger charge is -2.06. The normalized spacial score (nSPS) is 10.9. The van der Waals surface area contributed by atoms with Gasteiger partial charge in [-0.2, -0.15) is 5.10 Å². The molecule has 0 N–H and O–H groups in total. The van der Waals surface area contributed by atoms with Gasteiger partial charge in [0.15, 0.2) is 5.65 Å². The Hall–Kier alpha value is -3.95. The topological polar surface area (TPSA) is 122 Å². The van der Waals surface area contributed by atoms with Gasteiger partial charge in [-0.15, -0.1) is 0 Å². The number of nitrogens with zero attached hydrogens (tertiary/aromatic N) is 7. The first-order chi connectivity index (χ1) is 12.6. The fraction of sp³-hybridized carbons (Fsp3) is 0.0625. The van der Waals surface area contributed by atoms with Crippen LogP contribution in [0, 0.1) is 10.1 Å². The van der Waals surface area contributed by atoms with Gasteiger partial charge < -0.3 is 0 Å². The number of nitro benzene ring substituents is 1. The lowest BCUT2D eigenvalue weighted by Crippen LogP contribution is -2.22. The second-order valence-corrected chi connectivity index (χ2v) is 5.38. The first-order valence-electron chi connectivity index (χ1n) is 7.58. The molecule has 0 aliphatic carbocycles. The highest BCUT2D eigenvalue weighted by Crippen LogP contribution is 2.23. The van der Waals surface area contributed by atoms with Gasteiger partial charge in [0.2, 0.25) is 0 Å². The monoisotopic (exact) mass is 349 g/mol. The van der Waals surface area contributed by atoms with Gasteiger partial charge in [-0.3, -0.25) is 19.5 Å². The maximum absolute atomic E-state index is 12.7. The van der Waals surface area contributed by atoms with Crippen molar-refractivity contribution in [2.75, 3.05) is 0 Å². The summed E-state index contributed by atoms with van der Waals surface area (Å²) in [6.07, 6.45) is 5.88. The van der Waals surface area contributed by atoms with E-state index in [-0.39, 0.29) is 34.5 Å². The lowest BCUT2D eigenvalue weighted by atomic mass is 10.2. The molecule has 0 spiro atoms. The van der Waals surface area contributed by atoms with Crippen molar-refractivity contribution in [2.24, 2.45) is 0 Å². The third kappa shape index (κ3) is 2.59. The van der Waals surface area contributed by atoms with Crippen LogP contribution in [-0.2, 0) is 6.54 Å². The van der Waals surface area contributed by atoms with Gasteiger partial charge in [-0.25, -0.2) is 19.6 Å². The molecule has 128 valence electrons. The van der Waals surface area contributed by atoms with Crippen LogP contribution in [0.4, 0.5) is 5.69 Å². The first kappa shape index (κ1) is 15.6. The molecule has 0 fully saturated rings. The maximum Gasteiger partial charge on any atom is 0.294 e. The Morgan fingerprint density at radius 1 is 1.08 bits per heavy atom. The molecule has 26 heavy (non-hydrogen) atoms. The van der Waals surface area contributed by atoms with E-state index < -0.39 is 4.92 Å². The van der Waals surface area contributed by atoms with Crippen molar-refractivity contribution in [3.8, 4) is 5.69 Å². The number of para-hydroxylation sites is 2. The molecular formula is C16H11N7O3. The fourth-order valence-electron chi connectivity index (χ4n) is 2.60. The van der Waals surface area contributed by atoms with E-state index in [0.29, 0.717) is 5.82 Å². The molecule has 0 aliphatic rings. The smallest absolute Gasteiger partial charge is 0.291 e. The van der Waals surface area contributed by atoms with Gasteiger partial charge in [-0.1, -0.05) is 12.1 Å². The van der Waals surface area contributed by atoms with Crippen LogP contribution in [0.15, 0.2) is 60.0 Å². The minimum absolute atomic E-state index is 0.124. The second kappa shape index (κ2) is 6.16. The van der Waals surface area contributed by atoms with Crippen molar-refractivity contribution in [1.82, 2.24) is 29.3 Å². The van der Waals surface area contributed by atoms with Crippen LogP contribution in [-0.4, -0.2) is 34.2 Å². The number of fused-ring (bicyclic) bond motifs is 1. The Morgan fingerprint density at radius 3 is 2.62 bits per heavy atom. The number of hydrogen-bond donors (Lipinski definition) is 0. The van der Waals surface area contributed by atoms with Crippen LogP contribution in [0.5, 0.6) is 0 Å². The zero-order valence-electron chi connectivity index (χ0n) is 13.3. The predicted molar refractivity (Wildman–Crippen MR) is 90.9 cm³/mol. The van der Waals surface area contributed by atoms with E-state index in [1.54, 1.807) is 36.7 Å². The first-order valence-corrected chi connectivity index (χ1v) is 7.58. The number of rotatable bonds is 4. The van der Waals surface area contributed by atoms with Gasteiger partial charge in [0.25, 0.3) is 11.2 Å². The van der Waals surface area contributed by atoms with Crippen molar-refractivity contribution < 1.29 is 4.92 Å². The van der Waals surface area contributed by atoms with Gasteiger partial charge in [0.1, 0.15) is 23.2 Å². The Labute approximate surface area is 145 Å². The quantitative estimate of drug-likeness (QED) is 0.402. The summed E-state index contributed by atoms with van der Waals surface area (Å²) in [6.45, 7) is 0.166. The Kier molecular flexibility index (Phi) is 3.69. The Bertz CT molecular complexity index is 1170. The molecule has 0 amide bonds. The average molecular weight is 349 g/mol. The highest BCUT2D eigenvalue weighted by atomic mass is 16.6. The molecule has 0 atom stereocenters. The van der Waals surface area contributed by atoms with Crippen molar-refractivity contribution in [2.45, 2.75) is 6.54 Å². The molecule has 4 aromatic rings. The fourth-order valence-corrected chi connectivity index (χ4v) is 2.60. The van der Waals surface area contributed by atoms with Crippen molar-refractivity contribution in [3.63, 3.8) is 0 Å². The van der Waals surface area contributed by atoms with E-state index >= 15 is 0 Å². The van der Waals surface area contributed by atoms with E-state index in [9.17, 15) is 14.9 Å². The van der Waals surface area contributed by atoms with Crippen molar-refractivity contribution in [3.05, 3.63) is 81.5 Å². The minimum atomic E-state index is -0.503. The van der Waals surface area contributed by atoms with E-state index in [1.807, 2.05) is 0 Å². The molecular weight excluding hydrogens is 338 g/mol. The van der Waals surface area contributed by atoms with Crippen LogP contribution >= 0.6 is 0 Å². The standard InChI is InChI=1S/C16H11N7O3/c24-16-11-8-20-22(12-4-1-2-5-13(12)23(25)26)15(11)19-10-21(16)9-14-17-6-3-7-18-14/h1-8,10H,9H2. The molecule has 0 aliphatic heterocycles. The predicted octanol–water partition coefficient (Wildman–Crippen LogP) is 1.33. The Balaban J connectivity index is 1.83. The highest BCUT2D eigenvalue weighted by molar-refractivity contribution is 5.76. The molecule has 0 saturated carbocycles. The molecule has 3 heterocycles. The summed E-state index contributed by atoms with van der Waals surface area (Å²) in [5.41, 5.74) is 0.0338. The molecule has 4 rings (SSSR count). The summed E-state index contributed by atoms with van der Waals surface area (Å²) < 4.78 is 2.65. The second-order valence-electron chi connectivity index (χ2n) is 5.38. The number of benzene rings is 1. The number of aromatic nitrogens is 6. The third-order valence-electron chi connectivity index (χ3n) is 3.79. The largest absolute Gasteiger partial charge is 0.294 e. The third-order valence-corrected chi connectivity index (χ3v) is 3.79. The van der Waals surface area contributed by atoms with Crippen molar-refractivity contribution in [1.29, 1.82) is 0 Å². The zero-order valence-corrected chi connectivity index (χ0v) is 13.3. The maximum atomic E-state index is 12.7. The number of nitro groups is 1. The molecule has 3 aromatic heterocycles. The summed E-state index contributed by atoms with van der Waals surface area (Å²) in [5, 5.41) is 15.6. The van der Waals surface area contributed by atoms with E-state index in [4.69, 9.17) is 0 Å². The zero-order chi connectivity index (χ0) is 18.1. The molecule has 0 saturated heterocycles. The number of hydrogen-bond acceptors (Lipinski definition) is 7. The SMILES string of the molecule is O=c1c2cnn(-c3ccccc3[N+](=O)[O-])c2ncn1Cc1ncccn1. The molecule has 1 aromatic carbocycles.